The number of aromatic nitrogens is 3. The molecular weight excluding hydrogens is 400 g/mol. The van der Waals surface area contributed by atoms with Crippen LogP contribution in [0, 0.1) is 11.3 Å². The first-order valence-corrected chi connectivity index (χ1v) is 10.5. The van der Waals surface area contributed by atoms with Crippen molar-refractivity contribution in [1.82, 2.24) is 20.0 Å². The number of nitriles is 1. The Morgan fingerprint density at radius 1 is 1.13 bits per heavy atom. The smallest absolute Gasteiger partial charge is 0.183 e. The zero-order chi connectivity index (χ0) is 20.5. The number of fused-ring (bicyclic) bond motifs is 1. The van der Waals surface area contributed by atoms with Crippen molar-refractivity contribution in [2.75, 3.05) is 24.5 Å². The van der Waals surface area contributed by atoms with Gasteiger partial charge in [-0.25, -0.2) is 9.97 Å². The first kappa shape index (κ1) is 19.0. The average molecular weight is 421 g/mol. The molecule has 8 heteroatoms. The van der Waals surface area contributed by atoms with Gasteiger partial charge in [-0.2, -0.15) is 5.26 Å². The number of hydrogen-bond donors (Lipinski definition) is 0. The summed E-state index contributed by atoms with van der Waals surface area (Å²) >= 11 is 6.12. The summed E-state index contributed by atoms with van der Waals surface area (Å²) in [5.41, 5.74) is 2.30. The summed E-state index contributed by atoms with van der Waals surface area (Å²) in [6.45, 7) is 2.53. The van der Waals surface area contributed by atoms with E-state index in [1.54, 1.807) is 12.4 Å². The summed E-state index contributed by atoms with van der Waals surface area (Å²) < 4.78 is 5.66. The highest BCUT2D eigenvalue weighted by atomic mass is 35.5. The normalized spacial score (nSPS) is 21.8. The molecule has 2 saturated heterocycles. The molecule has 2 aliphatic heterocycles. The van der Waals surface area contributed by atoms with Crippen molar-refractivity contribution in [2.24, 2.45) is 0 Å². The predicted octanol–water partition coefficient (Wildman–Crippen LogP) is 4.07. The second-order valence-corrected chi connectivity index (χ2v) is 8.19. The first-order valence-electron chi connectivity index (χ1n) is 10.2. The Morgan fingerprint density at radius 3 is 2.90 bits per heavy atom. The second-order valence-electron chi connectivity index (χ2n) is 7.75. The highest BCUT2D eigenvalue weighted by molar-refractivity contribution is 6.30. The van der Waals surface area contributed by atoms with Gasteiger partial charge in [0.05, 0.1) is 6.04 Å². The summed E-state index contributed by atoms with van der Waals surface area (Å²) in [4.78, 5) is 13.3. The van der Waals surface area contributed by atoms with E-state index in [4.69, 9.17) is 16.1 Å². The summed E-state index contributed by atoms with van der Waals surface area (Å²) in [5.74, 6) is 1.43. The fourth-order valence-electron chi connectivity index (χ4n) is 4.62. The molecule has 0 unspecified atom stereocenters. The van der Waals surface area contributed by atoms with E-state index in [1.165, 1.54) is 0 Å². The number of piperidine rings is 1. The van der Waals surface area contributed by atoms with Crippen LogP contribution in [0.15, 0.2) is 47.2 Å². The Hall–Kier alpha value is -2.95. The number of hydrogen-bond acceptors (Lipinski definition) is 7. The van der Waals surface area contributed by atoms with Crippen LogP contribution in [0.1, 0.15) is 36.7 Å². The molecule has 2 atom stereocenters. The molecule has 0 bridgehead atoms. The molecule has 1 aromatic carbocycles. The van der Waals surface area contributed by atoms with Crippen LogP contribution in [0.25, 0.3) is 11.3 Å². The Morgan fingerprint density at radius 2 is 2.03 bits per heavy atom. The zero-order valence-electron chi connectivity index (χ0n) is 16.4. The van der Waals surface area contributed by atoms with Gasteiger partial charge in [-0.3, -0.25) is 4.90 Å². The zero-order valence-corrected chi connectivity index (χ0v) is 17.2. The van der Waals surface area contributed by atoms with E-state index in [-0.39, 0.29) is 6.04 Å². The number of anilines is 1. The molecule has 30 heavy (non-hydrogen) atoms. The molecule has 0 aliphatic carbocycles. The SMILES string of the molecule is N#Cc1nccnc1N1CCN2[C@@H](CCC[C@@H]2c2cc(-c3cccc(Cl)c3)on2)C1. The molecule has 0 saturated carbocycles. The van der Waals surface area contributed by atoms with Gasteiger partial charge in [0.15, 0.2) is 17.3 Å². The van der Waals surface area contributed by atoms with E-state index in [2.05, 4.69) is 31.0 Å². The quantitative estimate of drug-likeness (QED) is 0.631. The van der Waals surface area contributed by atoms with Crippen molar-refractivity contribution in [1.29, 1.82) is 5.26 Å². The van der Waals surface area contributed by atoms with Gasteiger partial charge in [0.1, 0.15) is 11.8 Å². The maximum atomic E-state index is 9.37. The summed E-state index contributed by atoms with van der Waals surface area (Å²) in [6.07, 6.45) is 6.53. The molecule has 0 N–H and O–H groups in total. The summed E-state index contributed by atoms with van der Waals surface area (Å²) in [6, 6.07) is 12.5. The van der Waals surface area contributed by atoms with E-state index in [9.17, 15) is 5.26 Å². The van der Waals surface area contributed by atoms with Gasteiger partial charge in [0, 0.05) is 54.7 Å². The van der Waals surface area contributed by atoms with E-state index < -0.39 is 0 Å². The number of benzene rings is 1. The van der Waals surface area contributed by atoms with Crippen molar-refractivity contribution >= 4 is 17.4 Å². The predicted molar refractivity (Wildman–Crippen MR) is 113 cm³/mol. The van der Waals surface area contributed by atoms with Gasteiger partial charge >= 0.3 is 0 Å². The minimum atomic E-state index is 0.236. The number of nitrogens with zero attached hydrogens (tertiary/aromatic N) is 6. The van der Waals surface area contributed by atoms with Gasteiger partial charge in [0.2, 0.25) is 0 Å². The van der Waals surface area contributed by atoms with Gasteiger partial charge in [-0.05, 0) is 31.4 Å². The van der Waals surface area contributed by atoms with Gasteiger partial charge in [-0.15, -0.1) is 0 Å². The monoisotopic (exact) mass is 420 g/mol. The number of rotatable bonds is 3. The van der Waals surface area contributed by atoms with Crippen LogP contribution < -0.4 is 4.90 Å². The lowest BCUT2D eigenvalue weighted by atomic mass is 9.91. The maximum Gasteiger partial charge on any atom is 0.183 e. The van der Waals surface area contributed by atoms with Crippen LogP contribution in [0.5, 0.6) is 0 Å². The van der Waals surface area contributed by atoms with E-state index in [0.29, 0.717) is 22.6 Å². The fourth-order valence-corrected chi connectivity index (χ4v) is 4.81. The molecule has 2 aliphatic rings. The number of halogens is 1. The van der Waals surface area contributed by atoms with E-state index in [1.807, 2.05) is 30.3 Å². The molecule has 4 heterocycles. The Balaban J connectivity index is 1.35. The highest BCUT2D eigenvalue weighted by Gasteiger charge is 2.37. The molecule has 0 spiro atoms. The first-order chi connectivity index (χ1) is 14.7. The highest BCUT2D eigenvalue weighted by Crippen LogP contribution is 2.38. The maximum absolute atomic E-state index is 9.37. The van der Waals surface area contributed by atoms with Crippen LogP contribution in [0.3, 0.4) is 0 Å². The third-order valence-electron chi connectivity index (χ3n) is 6.01. The summed E-state index contributed by atoms with van der Waals surface area (Å²) in [5, 5.41) is 14.5. The molecule has 5 rings (SSSR count). The third kappa shape index (κ3) is 3.53. The fraction of sp³-hybridized carbons (Fsp3) is 0.364. The minimum absolute atomic E-state index is 0.236. The molecule has 2 fully saturated rings. The summed E-state index contributed by atoms with van der Waals surface area (Å²) in [7, 11) is 0. The van der Waals surface area contributed by atoms with E-state index in [0.717, 1.165) is 55.9 Å². The van der Waals surface area contributed by atoms with Crippen LogP contribution >= 0.6 is 11.6 Å². The molecule has 152 valence electrons. The molecule has 7 nitrogen and oxygen atoms in total. The van der Waals surface area contributed by atoms with Crippen molar-refractivity contribution in [3.8, 4) is 17.4 Å². The molecule has 2 aromatic heterocycles. The van der Waals surface area contributed by atoms with Gasteiger partial charge in [-0.1, -0.05) is 28.9 Å². The molecule has 0 amide bonds. The van der Waals surface area contributed by atoms with Crippen LogP contribution in [0.2, 0.25) is 5.02 Å². The lowest BCUT2D eigenvalue weighted by Crippen LogP contribution is -2.56. The molecule has 0 radical (unpaired) electrons. The van der Waals surface area contributed by atoms with E-state index >= 15 is 0 Å². The Labute approximate surface area is 179 Å². The van der Waals surface area contributed by atoms with Crippen LogP contribution in [-0.4, -0.2) is 45.7 Å². The van der Waals surface area contributed by atoms with Crippen LogP contribution in [0.4, 0.5) is 5.82 Å². The minimum Gasteiger partial charge on any atom is -0.356 e. The average Bonchev–Trinajstić information content (AvgIpc) is 3.28. The number of piperazine rings is 1. The lowest BCUT2D eigenvalue weighted by molar-refractivity contribution is 0.0673. The topological polar surface area (TPSA) is 82.1 Å². The van der Waals surface area contributed by atoms with Crippen LogP contribution in [-0.2, 0) is 0 Å². The Kier molecular flexibility index (Phi) is 5.11. The van der Waals surface area contributed by atoms with Crippen molar-refractivity contribution in [3.05, 3.63) is 59.1 Å². The van der Waals surface area contributed by atoms with Gasteiger partial charge < -0.3 is 9.42 Å². The molecular formula is C22H21ClN6O. The lowest BCUT2D eigenvalue weighted by Gasteiger charge is -2.48. The molecule has 3 aromatic rings. The second kappa shape index (κ2) is 8.05. The standard InChI is InChI=1S/C22H21ClN6O/c23-16-4-1-3-15(11-16)21-12-18(27-30-21)20-6-2-5-17-14-28(9-10-29(17)20)22-19(13-24)25-7-8-26-22/h1,3-4,7-8,11-12,17,20H,2,5-6,9-10,14H2/t17-,20+/m0/s1. The van der Waals surface area contributed by atoms with Crippen molar-refractivity contribution in [3.63, 3.8) is 0 Å². The largest absolute Gasteiger partial charge is 0.356 e. The van der Waals surface area contributed by atoms with Crippen molar-refractivity contribution in [2.45, 2.75) is 31.3 Å². The van der Waals surface area contributed by atoms with Crippen molar-refractivity contribution < 1.29 is 4.52 Å². The third-order valence-corrected chi connectivity index (χ3v) is 6.24. The van der Waals surface area contributed by atoms with Gasteiger partial charge in [0.25, 0.3) is 0 Å². The Bertz CT molecular complexity index is 1090.